The molecule has 1 aliphatic heterocycles. The van der Waals surface area contributed by atoms with E-state index in [9.17, 15) is 4.55 Å². The smallest absolute Gasteiger partial charge is 0.173 e. The van der Waals surface area contributed by atoms with Gasteiger partial charge in [0.2, 0.25) is 0 Å². The molecule has 0 radical (unpaired) electrons. The molecule has 1 atom stereocenters. The van der Waals surface area contributed by atoms with Crippen molar-refractivity contribution in [2.24, 2.45) is 0 Å². The van der Waals surface area contributed by atoms with Gasteiger partial charge >= 0.3 is 0 Å². The molecule has 4 heteroatoms. The molecule has 1 heterocycles. The van der Waals surface area contributed by atoms with Crippen LogP contribution in [0.3, 0.4) is 0 Å². The van der Waals surface area contributed by atoms with Crippen molar-refractivity contribution >= 4 is 11.4 Å². The first-order valence-corrected chi connectivity index (χ1v) is 5.82. The van der Waals surface area contributed by atoms with Gasteiger partial charge in [0.1, 0.15) is 0 Å². The van der Waals surface area contributed by atoms with Crippen molar-refractivity contribution in [3.63, 3.8) is 0 Å². The lowest BCUT2D eigenvalue weighted by atomic mass is 10.2. The first-order chi connectivity index (χ1) is 6.75. The molecule has 1 fully saturated rings. The Morgan fingerprint density at radius 3 is 2.57 bits per heavy atom. The van der Waals surface area contributed by atoms with Crippen LogP contribution in [0.25, 0.3) is 0 Å². The molecule has 0 bridgehead atoms. The van der Waals surface area contributed by atoms with Gasteiger partial charge < -0.3 is 9.45 Å². The minimum atomic E-state index is -1.05. The van der Waals surface area contributed by atoms with Crippen LogP contribution in [0.15, 0.2) is 35.2 Å². The van der Waals surface area contributed by atoms with Crippen molar-refractivity contribution in [3.8, 4) is 0 Å². The number of rotatable bonds is 3. The van der Waals surface area contributed by atoms with Crippen molar-refractivity contribution in [2.45, 2.75) is 10.9 Å². The summed E-state index contributed by atoms with van der Waals surface area (Å²) < 4.78 is 14.8. The lowest BCUT2D eigenvalue weighted by Crippen LogP contribution is -2.57. The largest absolute Gasteiger partial charge is 0.593 e. The van der Waals surface area contributed by atoms with E-state index in [1.165, 1.54) is 0 Å². The Morgan fingerprint density at radius 1 is 1.36 bits per heavy atom. The van der Waals surface area contributed by atoms with Crippen LogP contribution in [0.2, 0.25) is 0 Å². The highest BCUT2D eigenvalue weighted by Crippen LogP contribution is 2.11. The molecule has 0 amide bonds. The van der Waals surface area contributed by atoms with Crippen LogP contribution in [0.4, 0.5) is 0 Å². The monoisotopic (exact) mass is 210 g/mol. The summed E-state index contributed by atoms with van der Waals surface area (Å²) in [7, 11) is 2.06. The van der Waals surface area contributed by atoms with Crippen molar-refractivity contribution in [2.75, 3.05) is 20.1 Å². The number of hydrogen-bond donors (Lipinski definition) is 1. The number of likely N-dealkylation sites (tertiary alicyclic amines) is 1. The zero-order chi connectivity index (χ0) is 9.97. The maximum Gasteiger partial charge on any atom is 0.173 e. The van der Waals surface area contributed by atoms with E-state index in [-0.39, 0.29) is 0 Å². The van der Waals surface area contributed by atoms with Gasteiger partial charge in [0.25, 0.3) is 0 Å². The highest BCUT2D eigenvalue weighted by Gasteiger charge is 2.27. The second-order valence-corrected chi connectivity index (χ2v) is 4.86. The van der Waals surface area contributed by atoms with Crippen molar-refractivity contribution in [3.05, 3.63) is 30.3 Å². The van der Waals surface area contributed by atoms with Crippen LogP contribution in [0.5, 0.6) is 0 Å². The van der Waals surface area contributed by atoms with Crippen LogP contribution < -0.4 is 4.72 Å². The fourth-order valence-electron chi connectivity index (χ4n) is 1.54. The third kappa shape index (κ3) is 2.27. The molecule has 1 unspecified atom stereocenters. The van der Waals surface area contributed by atoms with E-state index in [1.807, 2.05) is 30.3 Å². The minimum absolute atomic E-state index is 0.376. The standard InChI is InChI=1S/C10H14N2OS/c1-12-7-9(8-12)11-14(13)10-5-3-2-4-6-10/h2-6,9,11H,7-8H2,1H3. The average molecular weight is 210 g/mol. The minimum Gasteiger partial charge on any atom is -0.593 e. The van der Waals surface area contributed by atoms with Crippen molar-refractivity contribution in [1.29, 1.82) is 0 Å². The number of hydrogen-bond acceptors (Lipinski definition) is 3. The third-order valence-electron chi connectivity index (χ3n) is 2.30. The van der Waals surface area contributed by atoms with Crippen molar-refractivity contribution in [1.82, 2.24) is 9.62 Å². The Labute approximate surface area is 87.4 Å². The normalized spacial score (nSPS) is 20.4. The van der Waals surface area contributed by atoms with Crippen LogP contribution in [0, 0.1) is 0 Å². The predicted molar refractivity (Wildman–Crippen MR) is 57.3 cm³/mol. The highest BCUT2D eigenvalue weighted by molar-refractivity contribution is 7.89. The molecule has 76 valence electrons. The molecule has 0 saturated carbocycles. The molecule has 14 heavy (non-hydrogen) atoms. The Bertz CT molecular complexity index is 287. The second-order valence-electron chi connectivity index (χ2n) is 3.62. The van der Waals surface area contributed by atoms with E-state index in [0.717, 1.165) is 18.0 Å². The number of benzene rings is 1. The first-order valence-electron chi connectivity index (χ1n) is 4.67. The Balaban J connectivity index is 1.87. The first kappa shape index (κ1) is 9.98. The average Bonchev–Trinajstić information content (AvgIpc) is 2.17. The van der Waals surface area contributed by atoms with Crippen LogP contribution >= 0.6 is 0 Å². The van der Waals surface area contributed by atoms with Gasteiger partial charge in [-0.05, 0) is 19.2 Å². The van der Waals surface area contributed by atoms with E-state index >= 15 is 0 Å². The Morgan fingerprint density at radius 2 is 2.00 bits per heavy atom. The summed E-state index contributed by atoms with van der Waals surface area (Å²) in [6, 6.07) is 9.87. The SMILES string of the molecule is CN1CC(N[S+]([O-])c2ccccc2)C1. The summed E-state index contributed by atoms with van der Waals surface area (Å²) in [5.41, 5.74) is 0. The molecular weight excluding hydrogens is 196 g/mol. The molecule has 1 aliphatic rings. The van der Waals surface area contributed by atoms with Crippen LogP contribution in [-0.4, -0.2) is 35.6 Å². The van der Waals surface area contributed by atoms with E-state index in [4.69, 9.17) is 0 Å². The van der Waals surface area contributed by atoms with E-state index in [2.05, 4.69) is 16.7 Å². The molecule has 3 nitrogen and oxygen atoms in total. The Hall–Kier alpha value is -0.550. The van der Waals surface area contributed by atoms with Crippen molar-refractivity contribution < 1.29 is 4.55 Å². The maximum atomic E-state index is 11.7. The zero-order valence-corrected chi connectivity index (χ0v) is 8.96. The summed E-state index contributed by atoms with van der Waals surface area (Å²) in [5.74, 6) is 0. The van der Waals surface area contributed by atoms with Crippen LogP contribution in [0.1, 0.15) is 0 Å². The summed E-state index contributed by atoms with van der Waals surface area (Å²) in [6.07, 6.45) is 0. The van der Waals surface area contributed by atoms with Gasteiger partial charge in [0, 0.05) is 13.1 Å². The summed E-state index contributed by atoms with van der Waals surface area (Å²) in [5, 5.41) is 0. The maximum absolute atomic E-state index is 11.7. The zero-order valence-electron chi connectivity index (χ0n) is 8.14. The lowest BCUT2D eigenvalue weighted by molar-refractivity contribution is 0.180. The molecule has 1 N–H and O–H groups in total. The summed E-state index contributed by atoms with van der Waals surface area (Å²) >= 11 is -1.05. The molecule has 1 aromatic rings. The quantitative estimate of drug-likeness (QED) is 0.743. The van der Waals surface area contributed by atoms with Gasteiger partial charge in [-0.3, -0.25) is 0 Å². The van der Waals surface area contributed by atoms with E-state index < -0.39 is 11.4 Å². The lowest BCUT2D eigenvalue weighted by Gasteiger charge is -2.35. The molecule has 0 spiro atoms. The van der Waals surface area contributed by atoms with Gasteiger partial charge in [-0.25, -0.2) is 0 Å². The fourth-order valence-corrected chi connectivity index (χ4v) is 2.53. The van der Waals surface area contributed by atoms with Gasteiger partial charge in [-0.1, -0.05) is 18.2 Å². The molecule has 1 saturated heterocycles. The van der Waals surface area contributed by atoms with E-state index in [1.54, 1.807) is 0 Å². The number of likely N-dealkylation sites (N-methyl/N-ethyl adjacent to an activating group) is 1. The number of nitrogens with zero attached hydrogens (tertiary/aromatic N) is 1. The van der Waals surface area contributed by atoms with Crippen LogP contribution in [-0.2, 0) is 11.4 Å². The van der Waals surface area contributed by atoms with Gasteiger partial charge in [0.15, 0.2) is 4.90 Å². The van der Waals surface area contributed by atoms with E-state index in [0.29, 0.717) is 6.04 Å². The second kappa shape index (κ2) is 4.31. The third-order valence-corrected chi connectivity index (χ3v) is 3.54. The highest BCUT2D eigenvalue weighted by atomic mass is 32.2. The Kier molecular flexibility index (Phi) is 3.08. The molecular formula is C10H14N2OS. The summed E-state index contributed by atoms with van der Waals surface area (Å²) in [6.45, 7) is 1.97. The van der Waals surface area contributed by atoms with Gasteiger partial charge in [-0.2, -0.15) is 0 Å². The molecule has 1 aromatic carbocycles. The molecule has 0 aliphatic carbocycles. The van der Waals surface area contributed by atoms with Gasteiger partial charge in [0.05, 0.1) is 17.4 Å². The summed E-state index contributed by atoms with van der Waals surface area (Å²) in [4.78, 5) is 3.04. The fraction of sp³-hybridized carbons (Fsp3) is 0.400. The number of nitrogens with one attached hydrogen (secondary N) is 1. The topological polar surface area (TPSA) is 38.3 Å². The molecule has 0 aromatic heterocycles. The molecule has 2 rings (SSSR count). The van der Waals surface area contributed by atoms with Gasteiger partial charge in [-0.15, -0.1) is 4.72 Å². The predicted octanol–water partition coefficient (Wildman–Crippen LogP) is 0.613.